The molecule has 0 atom stereocenters. The number of methoxy groups -OCH3 is 1. The second-order valence-corrected chi connectivity index (χ2v) is 7.25. The molecule has 0 spiro atoms. The van der Waals surface area contributed by atoms with Crippen LogP contribution in [0.3, 0.4) is 0 Å². The fourth-order valence-corrected chi connectivity index (χ4v) is 3.96. The number of carbonyl (C=O) groups excluding carboxylic acids is 1. The number of allylic oxidation sites excluding steroid dienone is 1. The Kier molecular flexibility index (Phi) is 5.44. The van der Waals surface area contributed by atoms with E-state index < -0.39 is 0 Å². The van der Waals surface area contributed by atoms with Gasteiger partial charge in [0.25, 0.3) is 5.91 Å². The number of hydrogen-bond donors (Lipinski definition) is 1. The Morgan fingerprint density at radius 1 is 1.31 bits per heavy atom. The average Bonchev–Trinajstić information content (AvgIpc) is 2.92. The predicted octanol–water partition coefficient (Wildman–Crippen LogP) is 4.54. The monoisotopic (exact) mass is 383 g/mol. The summed E-state index contributed by atoms with van der Waals surface area (Å²) in [7, 11) is 1.49. The quantitative estimate of drug-likeness (QED) is 0.467. The number of thiocarbonyl (C=S) groups is 1. The molecular weight excluding hydrogens is 366 g/mol. The average molecular weight is 383 g/mol. The summed E-state index contributed by atoms with van der Waals surface area (Å²) in [6.07, 6.45) is 3.96. The van der Waals surface area contributed by atoms with Crippen LogP contribution in [0.25, 0.3) is 6.08 Å². The van der Waals surface area contributed by atoms with E-state index in [0.717, 1.165) is 11.3 Å². The van der Waals surface area contributed by atoms with Crippen molar-refractivity contribution < 1.29 is 14.6 Å². The van der Waals surface area contributed by atoms with Gasteiger partial charge in [0.15, 0.2) is 15.8 Å². The van der Waals surface area contributed by atoms with E-state index in [2.05, 4.69) is 6.58 Å². The second kappa shape index (κ2) is 7.76. The second-order valence-electron chi connectivity index (χ2n) is 5.58. The summed E-state index contributed by atoms with van der Waals surface area (Å²) >= 11 is 6.63. The van der Waals surface area contributed by atoms with Gasteiger partial charge in [0.05, 0.1) is 17.7 Å². The normalized spacial score (nSPS) is 15.6. The van der Waals surface area contributed by atoms with Crippen molar-refractivity contribution in [1.82, 2.24) is 0 Å². The van der Waals surface area contributed by atoms with Gasteiger partial charge in [-0.15, -0.1) is 6.58 Å². The van der Waals surface area contributed by atoms with Crippen molar-refractivity contribution in [3.8, 4) is 11.5 Å². The van der Waals surface area contributed by atoms with Crippen LogP contribution in [0.5, 0.6) is 11.5 Å². The van der Waals surface area contributed by atoms with Gasteiger partial charge in [0, 0.05) is 5.56 Å². The Labute approximate surface area is 161 Å². The van der Waals surface area contributed by atoms with Gasteiger partial charge in [0.2, 0.25) is 0 Å². The Morgan fingerprint density at radius 3 is 2.69 bits per heavy atom. The third kappa shape index (κ3) is 3.52. The lowest BCUT2D eigenvalue weighted by Crippen LogP contribution is -2.27. The largest absolute Gasteiger partial charge is 0.504 e. The molecule has 3 rings (SSSR count). The molecule has 0 bridgehead atoms. The molecule has 0 aliphatic carbocycles. The lowest BCUT2D eigenvalue weighted by Gasteiger charge is -2.13. The zero-order valence-electron chi connectivity index (χ0n) is 14.1. The van der Waals surface area contributed by atoms with Gasteiger partial charge in [-0.3, -0.25) is 9.69 Å². The topological polar surface area (TPSA) is 49.8 Å². The Morgan fingerprint density at radius 2 is 2.04 bits per heavy atom. The van der Waals surface area contributed by atoms with Crippen LogP contribution in [0.4, 0.5) is 5.69 Å². The summed E-state index contributed by atoms with van der Waals surface area (Å²) in [4.78, 5) is 14.9. The number of anilines is 1. The zero-order valence-corrected chi connectivity index (χ0v) is 15.8. The summed E-state index contributed by atoms with van der Waals surface area (Å²) in [5, 5.41) is 10.2. The van der Waals surface area contributed by atoms with Gasteiger partial charge in [-0.1, -0.05) is 48.3 Å². The Balaban J connectivity index is 1.98. The SMILES string of the molecule is C=CCc1cc(/C=C2/SC(=S)N(c3ccccc3)C2=O)cc(OC)c1O. The van der Waals surface area contributed by atoms with Crippen molar-refractivity contribution in [3.63, 3.8) is 0 Å². The fraction of sp³-hybridized carbons (Fsp3) is 0.100. The number of phenolic OH excluding ortho intramolecular Hbond substituents is 1. The van der Waals surface area contributed by atoms with Gasteiger partial charge >= 0.3 is 0 Å². The highest BCUT2D eigenvalue weighted by molar-refractivity contribution is 8.27. The molecule has 2 aromatic rings. The number of thioether (sulfide) groups is 1. The van der Waals surface area contributed by atoms with E-state index in [1.165, 1.54) is 23.8 Å². The highest BCUT2D eigenvalue weighted by atomic mass is 32.2. The molecule has 2 aromatic carbocycles. The van der Waals surface area contributed by atoms with Crippen LogP contribution in [0.15, 0.2) is 60.0 Å². The maximum atomic E-state index is 12.8. The number of aromatic hydroxyl groups is 1. The van der Waals surface area contributed by atoms with Crippen LogP contribution < -0.4 is 9.64 Å². The van der Waals surface area contributed by atoms with E-state index in [1.54, 1.807) is 18.2 Å². The minimum Gasteiger partial charge on any atom is -0.504 e. The molecule has 1 aliphatic rings. The minimum absolute atomic E-state index is 0.0846. The number of hydrogen-bond acceptors (Lipinski definition) is 5. The summed E-state index contributed by atoms with van der Waals surface area (Å²) in [5.74, 6) is 0.277. The first-order valence-electron chi connectivity index (χ1n) is 7.89. The Bertz CT molecular complexity index is 907. The van der Waals surface area contributed by atoms with Crippen molar-refractivity contribution >= 4 is 46.0 Å². The van der Waals surface area contributed by atoms with Gasteiger partial charge in [-0.05, 0) is 42.3 Å². The number of rotatable bonds is 5. The molecule has 132 valence electrons. The zero-order chi connectivity index (χ0) is 18.7. The third-order valence-corrected chi connectivity index (χ3v) is 5.17. The molecule has 1 aliphatic heterocycles. The van der Waals surface area contributed by atoms with Crippen LogP contribution in [0, 0.1) is 0 Å². The minimum atomic E-state index is -0.163. The molecule has 0 radical (unpaired) electrons. The number of phenols is 1. The summed E-state index contributed by atoms with van der Waals surface area (Å²) in [6.45, 7) is 3.70. The molecule has 1 amide bonds. The van der Waals surface area contributed by atoms with Crippen molar-refractivity contribution in [2.45, 2.75) is 6.42 Å². The van der Waals surface area contributed by atoms with E-state index in [0.29, 0.717) is 27.0 Å². The van der Waals surface area contributed by atoms with Crippen LogP contribution in [-0.2, 0) is 11.2 Å². The molecular formula is C20H17NO3S2. The number of ether oxygens (including phenoxy) is 1. The van der Waals surface area contributed by atoms with Gasteiger partial charge < -0.3 is 9.84 Å². The molecule has 0 aromatic heterocycles. The highest BCUT2D eigenvalue weighted by Gasteiger charge is 2.33. The van der Waals surface area contributed by atoms with Crippen molar-refractivity contribution in [3.05, 3.63) is 71.2 Å². The summed E-state index contributed by atoms with van der Waals surface area (Å²) in [6, 6.07) is 12.8. The van der Waals surface area contributed by atoms with E-state index in [1.807, 2.05) is 36.4 Å². The van der Waals surface area contributed by atoms with E-state index in [4.69, 9.17) is 17.0 Å². The van der Waals surface area contributed by atoms with Crippen LogP contribution in [0.2, 0.25) is 0 Å². The van der Waals surface area contributed by atoms with Crippen LogP contribution in [0.1, 0.15) is 11.1 Å². The molecule has 6 heteroatoms. The first kappa shape index (κ1) is 18.2. The molecule has 0 saturated carbocycles. The number of amides is 1. The van der Waals surface area contributed by atoms with Gasteiger partial charge in [-0.25, -0.2) is 0 Å². The Hall–Kier alpha value is -2.57. The molecule has 0 unspecified atom stereocenters. The molecule has 4 nitrogen and oxygen atoms in total. The number of nitrogens with zero attached hydrogens (tertiary/aromatic N) is 1. The van der Waals surface area contributed by atoms with Gasteiger partial charge in [0.1, 0.15) is 0 Å². The number of carbonyl (C=O) groups is 1. The first-order valence-corrected chi connectivity index (χ1v) is 9.11. The maximum Gasteiger partial charge on any atom is 0.270 e. The lowest BCUT2D eigenvalue weighted by atomic mass is 10.1. The van der Waals surface area contributed by atoms with Gasteiger partial charge in [-0.2, -0.15) is 0 Å². The lowest BCUT2D eigenvalue weighted by molar-refractivity contribution is -0.113. The molecule has 1 fully saturated rings. The van der Waals surface area contributed by atoms with E-state index in [-0.39, 0.29) is 11.7 Å². The molecule has 26 heavy (non-hydrogen) atoms. The van der Waals surface area contributed by atoms with Crippen LogP contribution in [-0.4, -0.2) is 22.4 Å². The number of benzene rings is 2. The van der Waals surface area contributed by atoms with Crippen LogP contribution >= 0.6 is 24.0 Å². The van der Waals surface area contributed by atoms with Crippen molar-refractivity contribution in [1.29, 1.82) is 0 Å². The fourth-order valence-electron chi connectivity index (χ4n) is 2.66. The molecule has 1 saturated heterocycles. The first-order chi connectivity index (χ1) is 12.5. The number of para-hydroxylation sites is 1. The van der Waals surface area contributed by atoms with Crippen molar-refractivity contribution in [2.75, 3.05) is 12.0 Å². The highest BCUT2D eigenvalue weighted by Crippen LogP contribution is 2.38. The maximum absolute atomic E-state index is 12.8. The summed E-state index contributed by atoms with van der Waals surface area (Å²) in [5.41, 5.74) is 2.18. The molecule has 1 N–H and O–H groups in total. The van der Waals surface area contributed by atoms with E-state index >= 15 is 0 Å². The summed E-state index contributed by atoms with van der Waals surface area (Å²) < 4.78 is 5.72. The standard InChI is InChI=1S/C20H17NO3S2/c1-3-7-14-10-13(11-16(24-2)18(14)22)12-17-19(23)21(20(25)26-17)15-8-5-4-6-9-15/h3-6,8-12,22H,1,7H2,2H3/b17-12+. The molecule has 1 heterocycles. The van der Waals surface area contributed by atoms with Crippen molar-refractivity contribution in [2.24, 2.45) is 0 Å². The van der Waals surface area contributed by atoms with E-state index in [9.17, 15) is 9.90 Å². The third-order valence-electron chi connectivity index (χ3n) is 3.87. The predicted molar refractivity (Wildman–Crippen MR) is 111 cm³/mol. The smallest absolute Gasteiger partial charge is 0.270 e.